The Morgan fingerprint density at radius 2 is 2.00 bits per heavy atom. The molecule has 0 aromatic carbocycles. The number of hydrogen-bond acceptors (Lipinski definition) is 3. The predicted molar refractivity (Wildman–Crippen MR) is 79.7 cm³/mol. The lowest BCUT2D eigenvalue weighted by atomic mass is 10.1. The monoisotopic (exact) mass is 286 g/mol. The second kappa shape index (κ2) is 7.84. The lowest BCUT2D eigenvalue weighted by Gasteiger charge is -2.37. The number of nitrogens with one attached hydrogen (secondary N) is 1. The third-order valence-corrected chi connectivity index (χ3v) is 3.60. The summed E-state index contributed by atoms with van der Waals surface area (Å²) in [5, 5.41) is 12.9. The molecule has 1 saturated carbocycles. The summed E-state index contributed by atoms with van der Waals surface area (Å²) in [6.07, 6.45) is 4.26. The van der Waals surface area contributed by atoms with Crippen molar-refractivity contribution in [2.75, 3.05) is 19.7 Å². The largest absolute Gasteiger partial charge is 0.389 e. The van der Waals surface area contributed by atoms with E-state index in [0.29, 0.717) is 19.7 Å². The summed E-state index contributed by atoms with van der Waals surface area (Å²) in [5.74, 6) is 0. The Bertz CT molecular complexity index is 296. The van der Waals surface area contributed by atoms with Gasteiger partial charge in [-0.25, -0.2) is 4.79 Å². The first-order valence-corrected chi connectivity index (χ1v) is 7.69. The highest BCUT2D eigenvalue weighted by Gasteiger charge is 2.28. The molecule has 0 aromatic rings. The van der Waals surface area contributed by atoms with Gasteiger partial charge >= 0.3 is 6.03 Å². The van der Waals surface area contributed by atoms with Gasteiger partial charge in [-0.05, 0) is 40.5 Å². The molecule has 1 fully saturated rings. The molecule has 1 unspecified atom stereocenters. The van der Waals surface area contributed by atoms with E-state index in [-0.39, 0.29) is 17.7 Å². The fourth-order valence-corrected chi connectivity index (χ4v) is 2.47. The van der Waals surface area contributed by atoms with Gasteiger partial charge in [0.1, 0.15) is 0 Å². The van der Waals surface area contributed by atoms with E-state index in [1.807, 2.05) is 27.7 Å². The summed E-state index contributed by atoms with van der Waals surface area (Å²) in [6, 6.07) is -0.139. The van der Waals surface area contributed by atoms with E-state index in [9.17, 15) is 9.90 Å². The van der Waals surface area contributed by atoms with Crippen molar-refractivity contribution in [1.29, 1.82) is 0 Å². The number of amides is 2. The number of hydrogen-bond donors (Lipinski definition) is 2. The fraction of sp³-hybridized carbons (Fsp3) is 0.933. The molecule has 0 radical (unpaired) electrons. The number of aliphatic hydroxyl groups is 1. The molecule has 20 heavy (non-hydrogen) atoms. The molecule has 1 atom stereocenters. The number of aliphatic hydroxyl groups excluding tert-OH is 1. The number of β-amino-alcohol motifs (C(OH)–C–C–N with tert-alkyl or cyclic N) is 1. The lowest BCUT2D eigenvalue weighted by Crippen LogP contribution is -2.53. The molecular formula is C15H30N2O3. The number of carbonyl (C=O) groups is 1. The van der Waals surface area contributed by atoms with E-state index in [4.69, 9.17) is 4.74 Å². The van der Waals surface area contributed by atoms with Gasteiger partial charge in [-0.3, -0.25) is 0 Å². The Balaban J connectivity index is 2.44. The van der Waals surface area contributed by atoms with Gasteiger partial charge in [0, 0.05) is 12.1 Å². The van der Waals surface area contributed by atoms with Crippen LogP contribution < -0.4 is 5.32 Å². The van der Waals surface area contributed by atoms with Gasteiger partial charge in [0.15, 0.2) is 0 Å². The highest BCUT2D eigenvalue weighted by Crippen LogP contribution is 2.21. The molecule has 118 valence electrons. The summed E-state index contributed by atoms with van der Waals surface area (Å²) in [6.45, 7) is 8.96. The van der Waals surface area contributed by atoms with Gasteiger partial charge < -0.3 is 20.1 Å². The van der Waals surface area contributed by atoms with E-state index < -0.39 is 6.10 Å². The van der Waals surface area contributed by atoms with E-state index in [2.05, 4.69) is 5.32 Å². The number of ether oxygens (including phenoxy) is 1. The van der Waals surface area contributed by atoms with E-state index in [1.165, 1.54) is 12.8 Å². The zero-order valence-electron chi connectivity index (χ0n) is 13.3. The quantitative estimate of drug-likeness (QED) is 0.786. The molecular weight excluding hydrogens is 256 g/mol. The van der Waals surface area contributed by atoms with Crippen LogP contribution in [0.5, 0.6) is 0 Å². The minimum Gasteiger partial charge on any atom is -0.389 e. The summed E-state index contributed by atoms with van der Waals surface area (Å²) in [5.41, 5.74) is -0.326. The first-order chi connectivity index (χ1) is 9.34. The Hall–Kier alpha value is -0.810. The second-order valence-electron chi connectivity index (χ2n) is 6.51. The van der Waals surface area contributed by atoms with Crippen LogP contribution in [0, 0.1) is 0 Å². The molecule has 5 heteroatoms. The normalized spacial score (nSPS) is 18.1. The average Bonchev–Trinajstić information content (AvgIpc) is 2.85. The molecule has 1 aliphatic carbocycles. The first-order valence-electron chi connectivity index (χ1n) is 7.69. The van der Waals surface area contributed by atoms with Gasteiger partial charge in [0.05, 0.1) is 25.4 Å². The maximum atomic E-state index is 12.0. The fourth-order valence-electron chi connectivity index (χ4n) is 2.47. The second-order valence-corrected chi connectivity index (χ2v) is 6.51. The number of carbonyl (C=O) groups excluding carboxylic acids is 1. The topological polar surface area (TPSA) is 61.8 Å². The van der Waals surface area contributed by atoms with Crippen molar-refractivity contribution < 1.29 is 14.6 Å². The number of rotatable bonds is 6. The maximum absolute atomic E-state index is 12.0. The SMILES string of the molecule is CCNC(=O)N(CC(O)COC1CCCC1)C(C)(C)C. The van der Waals surface area contributed by atoms with Crippen molar-refractivity contribution >= 4 is 6.03 Å². The molecule has 0 saturated heterocycles. The third kappa shape index (κ3) is 5.67. The highest BCUT2D eigenvalue weighted by atomic mass is 16.5. The van der Waals surface area contributed by atoms with E-state index >= 15 is 0 Å². The molecule has 1 aliphatic rings. The van der Waals surface area contributed by atoms with Crippen molar-refractivity contribution in [2.24, 2.45) is 0 Å². The van der Waals surface area contributed by atoms with Crippen molar-refractivity contribution in [1.82, 2.24) is 10.2 Å². The molecule has 0 heterocycles. The minimum absolute atomic E-state index is 0.139. The van der Waals surface area contributed by atoms with Crippen LogP contribution in [0.2, 0.25) is 0 Å². The van der Waals surface area contributed by atoms with E-state index in [1.54, 1.807) is 4.90 Å². The van der Waals surface area contributed by atoms with Crippen LogP contribution in [0.15, 0.2) is 0 Å². The van der Waals surface area contributed by atoms with Crippen LogP contribution in [-0.4, -0.2) is 53.5 Å². The number of nitrogens with zero attached hydrogens (tertiary/aromatic N) is 1. The van der Waals surface area contributed by atoms with Crippen molar-refractivity contribution in [3.05, 3.63) is 0 Å². The zero-order chi connectivity index (χ0) is 15.2. The molecule has 0 bridgehead atoms. The Morgan fingerprint density at radius 3 is 2.50 bits per heavy atom. The molecule has 2 N–H and O–H groups in total. The van der Waals surface area contributed by atoms with Crippen molar-refractivity contribution in [2.45, 2.75) is 71.1 Å². The Morgan fingerprint density at radius 1 is 1.40 bits per heavy atom. The Kier molecular flexibility index (Phi) is 6.76. The standard InChI is InChI=1S/C15H30N2O3/c1-5-16-14(19)17(15(2,3)4)10-12(18)11-20-13-8-6-7-9-13/h12-13,18H,5-11H2,1-4H3,(H,16,19). The van der Waals surface area contributed by atoms with Crippen LogP contribution >= 0.6 is 0 Å². The van der Waals surface area contributed by atoms with E-state index in [0.717, 1.165) is 12.8 Å². The van der Waals surface area contributed by atoms with Gasteiger partial charge in [-0.1, -0.05) is 12.8 Å². The van der Waals surface area contributed by atoms with Crippen LogP contribution in [0.4, 0.5) is 4.79 Å². The minimum atomic E-state index is -0.641. The van der Waals surface area contributed by atoms with Gasteiger partial charge in [0.2, 0.25) is 0 Å². The molecule has 2 amide bonds. The van der Waals surface area contributed by atoms with Crippen molar-refractivity contribution in [3.63, 3.8) is 0 Å². The molecule has 1 rings (SSSR count). The van der Waals surface area contributed by atoms with Crippen LogP contribution in [0.3, 0.4) is 0 Å². The molecule has 5 nitrogen and oxygen atoms in total. The van der Waals surface area contributed by atoms with Gasteiger partial charge in [-0.2, -0.15) is 0 Å². The first kappa shape index (κ1) is 17.2. The number of urea groups is 1. The van der Waals surface area contributed by atoms with Crippen LogP contribution in [0.25, 0.3) is 0 Å². The summed E-state index contributed by atoms with van der Waals surface area (Å²) in [7, 11) is 0. The maximum Gasteiger partial charge on any atom is 0.317 e. The van der Waals surface area contributed by atoms with Gasteiger partial charge in [0.25, 0.3) is 0 Å². The predicted octanol–water partition coefficient (Wildman–Crippen LogP) is 2.14. The van der Waals surface area contributed by atoms with Crippen molar-refractivity contribution in [3.8, 4) is 0 Å². The van der Waals surface area contributed by atoms with Crippen LogP contribution in [-0.2, 0) is 4.74 Å². The molecule has 0 aliphatic heterocycles. The smallest absolute Gasteiger partial charge is 0.317 e. The van der Waals surface area contributed by atoms with Crippen LogP contribution in [0.1, 0.15) is 53.4 Å². The third-order valence-electron chi connectivity index (χ3n) is 3.60. The summed E-state index contributed by atoms with van der Waals surface area (Å²) in [4.78, 5) is 13.7. The Labute approximate surface area is 122 Å². The highest BCUT2D eigenvalue weighted by molar-refractivity contribution is 5.74. The molecule has 0 aromatic heterocycles. The van der Waals surface area contributed by atoms with Gasteiger partial charge in [-0.15, -0.1) is 0 Å². The molecule has 0 spiro atoms. The average molecular weight is 286 g/mol. The lowest BCUT2D eigenvalue weighted by molar-refractivity contribution is -0.0217. The summed E-state index contributed by atoms with van der Waals surface area (Å²) >= 11 is 0. The summed E-state index contributed by atoms with van der Waals surface area (Å²) < 4.78 is 5.71. The zero-order valence-corrected chi connectivity index (χ0v) is 13.3.